The number of benzene rings is 2. The van der Waals surface area contributed by atoms with Crippen LogP contribution >= 0.6 is 34.8 Å². The van der Waals surface area contributed by atoms with Gasteiger partial charge in [-0.3, -0.25) is 20.2 Å². The second-order valence-electron chi connectivity index (χ2n) is 4.56. The summed E-state index contributed by atoms with van der Waals surface area (Å²) in [6.45, 7) is 0. The quantitative estimate of drug-likeness (QED) is 0.317. The Morgan fingerprint density at radius 3 is 2.67 bits per heavy atom. The standard InChI is InChI=1S/C15H12IN3O4S/c1-23-11-5-6-12(13(8-11)19(21)22)17-15(24)18-14(20)9-3-2-4-10(16)7-9/h2-8H,1H3,(H2,17,18,20,24). The van der Waals surface area contributed by atoms with Crippen LogP contribution in [0.25, 0.3) is 0 Å². The molecule has 1 amide bonds. The van der Waals surface area contributed by atoms with Gasteiger partial charge in [0.25, 0.3) is 11.6 Å². The molecule has 2 N–H and O–H groups in total. The van der Waals surface area contributed by atoms with Crippen molar-refractivity contribution in [3.63, 3.8) is 0 Å². The number of anilines is 1. The first-order valence-corrected chi connectivity index (χ1v) is 8.09. The summed E-state index contributed by atoms with van der Waals surface area (Å²) in [5.41, 5.74) is 0.393. The van der Waals surface area contributed by atoms with Gasteiger partial charge in [0.2, 0.25) is 0 Å². The number of ether oxygens (including phenoxy) is 1. The number of nitrogens with zero attached hydrogens (tertiary/aromatic N) is 1. The summed E-state index contributed by atoms with van der Waals surface area (Å²) in [4.78, 5) is 22.7. The molecule has 2 aromatic rings. The van der Waals surface area contributed by atoms with Crippen molar-refractivity contribution in [2.75, 3.05) is 12.4 Å². The van der Waals surface area contributed by atoms with Crippen LogP contribution in [0.4, 0.5) is 11.4 Å². The van der Waals surface area contributed by atoms with Crippen LogP contribution in [0.5, 0.6) is 5.75 Å². The van der Waals surface area contributed by atoms with Crippen molar-refractivity contribution in [2.24, 2.45) is 0 Å². The number of hydrogen-bond donors (Lipinski definition) is 2. The van der Waals surface area contributed by atoms with Crippen LogP contribution in [0, 0.1) is 13.7 Å². The van der Waals surface area contributed by atoms with Gasteiger partial charge in [0.1, 0.15) is 11.4 Å². The number of amides is 1. The predicted octanol–water partition coefficient (Wildman–Crippen LogP) is 3.33. The van der Waals surface area contributed by atoms with E-state index in [0.29, 0.717) is 11.3 Å². The number of methoxy groups -OCH3 is 1. The topological polar surface area (TPSA) is 93.5 Å². The van der Waals surface area contributed by atoms with Crippen molar-refractivity contribution < 1.29 is 14.5 Å². The fraction of sp³-hybridized carbons (Fsp3) is 0.0667. The van der Waals surface area contributed by atoms with Crippen LogP contribution in [0.1, 0.15) is 10.4 Å². The molecule has 0 unspecified atom stereocenters. The first kappa shape index (κ1) is 18.1. The maximum atomic E-state index is 12.1. The minimum Gasteiger partial charge on any atom is -0.496 e. The number of nitro groups is 1. The van der Waals surface area contributed by atoms with Crippen molar-refractivity contribution in [3.05, 3.63) is 61.7 Å². The van der Waals surface area contributed by atoms with Crippen LogP contribution in [-0.4, -0.2) is 23.1 Å². The van der Waals surface area contributed by atoms with Crippen molar-refractivity contribution in [1.82, 2.24) is 5.32 Å². The van der Waals surface area contributed by atoms with Crippen molar-refractivity contribution in [3.8, 4) is 5.75 Å². The van der Waals surface area contributed by atoms with E-state index in [2.05, 4.69) is 33.2 Å². The minimum absolute atomic E-state index is 0.0351. The van der Waals surface area contributed by atoms with Gasteiger partial charge in [0.05, 0.1) is 18.1 Å². The first-order chi connectivity index (χ1) is 11.4. The molecule has 0 saturated heterocycles. The Hall–Kier alpha value is -2.27. The summed E-state index contributed by atoms with van der Waals surface area (Å²) in [5, 5.41) is 16.2. The van der Waals surface area contributed by atoms with Gasteiger partial charge in [-0.15, -0.1) is 0 Å². The molecule has 0 spiro atoms. The number of halogens is 1. The van der Waals surface area contributed by atoms with Gasteiger partial charge in [-0.2, -0.15) is 0 Å². The molecule has 2 aromatic carbocycles. The molecule has 124 valence electrons. The van der Waals surface area contributed by atoms with E-state index in [4.69, 9.17) is 17.0 Å². The van der Waals surface area contributed by atoms with Crippen molar-refractivity contribution in [2.45, 2.75) is 0 Å². The largest absolute Gasteiger partial charge is 0.496 e. The lowest BCUT2D eigenvalue weighted by Crippen LogP contribution is -2.34. The molecule has 0 fully saturated rings. The molecule has 0 aliphatic carbocycles. The molecule has 7 nitrogen and oxygen atoms in total. The lowest BCUT2D eigenvalue weighted by molar-refractivity contribution is -0.384. The second-order valence-corrected chi connectivity index (χ2v) is 6.21. The summed E-state index contributed by atoms with van der Waals surface area (Å²) >= 11 is 7.15. The SMILES string of the molecule is COc1ccc(NC(=S)NC(=O)c2cccc(I)c2)c([N+](=O)[O-])c1. The fourth-order valence-electron chi connectivity index (χ4n) is 1.85. The highest BCUT2D eigenvalue weighted by Gasteiger charge is 2.17. The Morgan fingerprint density at radius 1 is 1.29 bits per heavy atom. The van der Waals surface area contributed by atoms with Crippen LogP contribution < -0.4 is 15.4 Å². The third-order valence-electron chi connectivity index (χ3n) is 2.96. The highest BCUT2D eigenvalue weighted by molar-refractivity contribution is 14.1. The van der Waals surface area contributed by atoms with Crippen molar-refractivity contribution in [1.29, 1.82) is 0 Å². The number of hydrogen-bond acceptors (Lipinski definition) is 5. The maximum absolute atomic E-state index is 12.1. The Bertz CT molecular complexity index is 813. The molecule has 9 heteroatoms. The second kappa shape index (κ2) is 8.02. The molecule has 0 saturated carbocycles. The zero-order chi connectivity index (χ0) is 17.7. The highest BCUT2D eigenvalue weighted by Crippen LogP contribution is 2.28. The molecule has 0 atom stereocenters. The molecule has 0 aliphatic heterocycles. The van der Waals surface area contributed by atoms with Gasteiger partial charge in [0, 0.05) is 9.13 Å². The van der Waals surface area contributed by atoms with Gasteiger partial charge in [0.15, 0.2) is 5.11 Å². The average Bonchev–Trinajstić information content (AvgIpc) is 2.54. The van der Waals surface area contributed by atoms with Gasteiger partial charge >= 0.3 is 0 Å². The fourth-order valence-corrected chi connectivity index (χ4v) is 2.60. The summed E-state index contributed by atoms with van der Waals surface area (Å²) < 4.78 is 5.87. The van der Waals surface area contributed by atoms with Gasteiger partial charge in [-0.25, -0.2) is 0 Å². The summed E-state index contributed by atoms with van der Waals surface area (Å²) in [6.07, 6.45) is 0. The lowest BCUT2D eigenvalue weighted by atomic mass is 10.2. The van der Waals surface area contributed by atoms with E-state index < -0.39 is 10.8 Å². The molecule has 0 bridgehead atoms. The number of nitro benzene ring substituents is 1. The Morgan fingerprint density at radius 2 is 2.04 bits per heavy atom. The zero-order valence-corrected chi connectivity index (χ0v) is 15.4. The van der Waals surface area contributed by atoms with Crippen LogP contribution in [0.15, 0.2) is 42.5 Å². The van der Waals surface area contributed by atoms with E-state index in [1.54, 1.807) is 24.3 Å². The average molecular weight is 457 g/mol. The smallest absolute Gasteiger partial charge is 0.296 e. The van der Waals surface area contributed by atoms with Crippen LogP contribution in [0.2, 0.25) is 0 Å². The van der Waals surface area contributed by atoms with E-state index in [0.717, 1.165) is 3.57 Å². The van der Waals surface area contributed by atoms with Crippen LogP contribution in [-0.2, 0) is 0 Å². The molecule has 0 radical (unpaired) electrons. The number of carbonyl (C=O) groups excluding carboxylic acids is 1. The Labute approximate surface area is 156 Å². The monoisotopic (exact) mass is 457 g/mol. The lowest BCUT2D eigenvalue weighted by Gasteiger charge is -2.11. The van der Waals surface area contributed by atoms with E-state index >= 15 is 0 Å². The molecule has 0 aromatic heterocycles. The summed E-state index contributed by atoms with van der Waals surface area (Å²) in [5.74, 6) is -0.0526. The number of carbonyl (C=O) groups is 1. The summed E-state index contributed by atoms with van der Waals surface area (Å²) in [7, 11) is 1.41. The Kier molecular flexibility index (Phi) is 6.04. The Balaban J connectivity index is 2.12. The predicted molar refractivity (Wildman–Crippen MR) is 102 cm³/mol. The minimum atomic E-state index is -0.561. The zero-order valence-electron chi connectivity index (χ0n) is 12.4. The maximum Gasteiger partial charge on any atom is 0.296 e. The first-order valence-electron chi connectivity index (χ1n) is 6.61. The molecular formula is C15H12IN3O4S. The van der Waals surface area contributed by atoms with Crippen LogP contribution in [0.3, 0.4) is 0 Å². The number of rotatable bonds is 4. The molecule has 24 heavy (non-hydrogen) atoms. The molecule has 2 rings (SSSR count). The van der Waals surface area contributed by atoms with E-state index in [1.165, 1.54) is 19.2 Å². The number of nitrogens with one attached hydrogen (secondary N) is 2. The van der Waals surface area contributed by atoms with E-state index in [1.807, 2.05) is 6.07 Å². The molecule has 0 heterocycles. The van der Waals surface area contributed by atoms with Gasteiger partial charge in [-0.1, -0.05) is 6.07 Å². The van der Waals surface area contributed by atoms with E-state index in [-0.39, 0.29) is 16.5 Å². The normalized spacial score (nSPS) is 9.92. The highest BCUT2D eigenvalue weighted by atomic mass is 127. The van der Waals surface area contributed by atoms with Gasteiger partial charge in [-0.05, 0) is 65.1 Å². The molecular weight excluding hydrogens is 445 g/mol. The number of thiocarbonyl (C=S) groups is 1. The third-order valence-corrected chi connectivity index (χ3v) is 3.84. The van der Waals surface area contributed by atoms with Gasteiger partial charge < -0.3 is 10.1 Å². The van der Waals surface area contributed by atoms with Crippen molar-refractivity contribution >= 4 is 57.2 Å². The summed E-state index contributed by atoms with van der Waals surface area (Å²) in [6, 6.07) is 11.2. The van der Waals surface area contributed by atoms with E-state index in [9.17, 15) is 14.9 Å². The third kappa shape index (κ3) is 4.61. The molecule has 0 aliphatic rings.